The third-order valence-electron chi connectivity index (χ3n) is 2.53. The summed E-state index contributed by atoms with van der Waals surface area (Å²) in [7, 11) is 1.61. The van der Waals surface area contributed by atoms with Gasteiger partial charge in [0, 0.05) is 0 Å². The molecule has 84 valence electrons. The normalized spacial score (nSPS) is 15.1. The first-order chi connectivity index (χ1) is 7.06. The monoisotopic (exact) mass is 209 g/mol. The summed E-state index contributed by atoms with van der Waals surface area (Å²) in [5, 5.41) is 9.85. The van der Waals surface area contributed by atoms with E-state index in [1.54, 1.807) is 7.11 Å². The Kier molecular flexibility index (Phi) is 4.12. The van der Waals surface area contributed by atoms with E-state index in [0.29, 0.717) is 0 Å². The number of hydrogen-bond acceptors (Lipinski definition) is 3. The lowest BCUT2D eigenvalue weighted by atomic mass is 9.94. The highest BCUT2D eigenvalue weighted by Crippen LogP contribution is 2.22. The number of nitrogens with two attached hydrogens (primary N) is 1. The summed E-state index contributed by atoms with van der Waals surface area (Å²) in [5.74, 6) is 0.908. The van der Waals surface area contributed by atoms with Gasteiger partial charge in [0.25, 0.3) is 0 Å². The van der Waals surface area contributed by atoms with Gasteiger partial charge in [-0.15, -0.1) is 0 Å². The van der Waals surface area contributed by atoms with Crippen molar-refractivity contribution in [1.29, 1.82) is 0 Å². The Morgan fingerprint density at radius 1 is 1.33 bits per heavy atom. The minimum Gasteiger partial charge on any atom is -0.497 e. The first kappa shape index (κ1) is 12.0. The van der Waals surface area contributed by atoms with Gasteiger partial charge in [0.2, 0.25) is 0 Å². The molecule has 0 aliphatic heterocycles. The van der Waals surface area contributed by atoms with Crippen molar-refractivity contribution in [3.8, 4) is 5.75 Å². The van der Waals surface area contributed by atoms with Crippen molar-refractivity contribution in [3.05, 3.63) is 29.8 Å². The van der Waals surface area contributed by atoms with Crippen molar-refractivity contribution in [2.45, 2.75) is 26.0 Å². The van der Waals surface area contributed by atoms with Crippen molar-refractivity contribution in [1.82, 2.24) is 0 Å². The number of ether oxygens (including phenoxy) is 1. The number of benzene rings is 1. The number of methoxy groups -OCH3 is 1. The van der Waals surface area contributed by atoms with Gasteiger partial charge in [-0.1, -0.05) is 26.0 Å². The first-order valence-corrected chi connectivity index (χ1v) is 5.14. The minimum atomic E-state index is -0.530. The van der Waals surface area contributed by atoms with Crippen LogP contribution in [0.4, 0.5) is 0 Å². The molecule has 1 aromatic rings. The fourth-order valence-corrected chi connectivity index (χ4v) is 1.46. The summed E-state index contributed by atoms with van der Waals surface area (Å²) in [6.45, 7) is 3.90. The molecule has 0 saturated heterocycles. The molecule has 0 unspecified atom stereocenters. The first-order valence-electron chi connectivity index (χ1n) is 5.14. The maximum Gasteiger partial charge on any atom is 0.119 e. The molecule has 0 aliphatic carbocycles. The Hall–Kier alpha value is -1.06. The fraction of sp³-hybridized carbons (Fsp3) is 0.500. The van der Waals surface area contributed by atoms with Crippen LogP contribution in [0.1, 0.15) is 25.5 Å². The summed E-state index contributed by atoms with van der Waals surface area (Å²) in [6, 6.07) is 7.13. The van der Waals surface area contributed by atoms with E-state index in [9.17, 15) is 5.11 Å². The largest absolute Gasteiger partial charge is 0.497 e. The van der Waals surface area contributed by atoms with Crippen LogP contribution in [0.3, 0.4) is 0 Å². The topological polar surface area (TPSA) is 55.5 Å². The van der Waals surface area contributed by atoms with E-state index in [1.165, 1.54) is 0 Å². The second-order valence-electron chi connectivity index (χ2n) is 4.04. The SMILES string of the molecule is COc1cccc([C@@H](N)[C@@H](O)C(C)C)c1. The number of hydrogen-bond donors (Lipinski definition) is 2. The highest BCUT2D eigenvalue weighted by atomic mass is 16.5. The molecule has 0 bridgehead atoms. The molecule has 1 aromatic carbocycles. The zero-order chi connectivity index (χ0) is 11.4. The molecule has 0 aliphatic rings. The fourth-order valence-electron chi connectivity index (χ4n) is 1.46. The summed E-state index contributed by atoms with van der Waals surface area (Å²) < 4.78 is 5.11. The Bertz CT molecular complexity index is 312. The van der Waals surface area contributed by atoms with Crippen LogP contribution < -0.4 is 10.5 Å². The minimum absolute atomic E-state index is 0.145. The molecule has 3 N–H and O–H groups in total. The number of aliphatic hydroxyl groups is 1. The summed E-state index contributed by atoms with van der Waals surface area (Å²) in [4.78, 5) is 0. The predicted octanol–water partition coefficient (Wildman–Crippen LogP) is 1.71. The Labute approximate surface area is 90.9 Å². The van der Waals surface area contributed by atoms with Crippen molar-refractivity contribution in [2.75, 3.05) is 7.11 Å². The van der Waals surface area contributed by atoms with Crippen molar-refractivity contribution in [2.24, 2.45) is 11.7 Å². The summed E-state index contributed by atoms with van der Waals surface area (Å²) in [5.41, 5.74) is 6.86. The second-order valence-corrected chi connectivity index (χ2v) is 4.04. The maximum absolute atomic E-state index is 9.85. The lowest BCUT2D eigenvalue weighted by Crippen LogP contribution is -2.30. The Balaban J connectivity index is 2.85. The Morgan fingerprint density at radius 2 is 2.00 bits per heavy atom. The standard InChI is InChI=1S/C12H19NO2/c1-8(2)12(14)11(13)9-5-4-6-10(7-9)15-3/h4-8,11-12,14H,13H2,1-3H3/t11-,12+/m1/s1. The third kappa shape index (κ3) is 2.94. The van der Waals surface area contributed by atoms with Gasteiger partial charge >= 0.3 is 0 Å². The molecule has 0 radical (unpaired) electrons. The molecule has 0 amide bonds. The van der Waals surface area contributed by atoms with Gasteiger partial charge in [-0.2, -0.15) is 0 Å². The van der Waals surface area contributed by atoms with E-state index < -0.39 is 6.10 Å². The molecule has 0 spiro atoms. The summed E-state index contributed by atoms with van der Waals surface area (Å²) >= 11 is 0. The van der Waals surface area contributed by atoms with Gasteiger partial charge in [0.05, 0.1) is 19.3 Å². The van der Waals surface area contributed by atoms with Crippen LogP contribution in [-0.2, 0) is 0 Å². The third-order valence-corrected chi connectivity index (χ3v) is 2.53. The maximum atomic E-state index is 9.85. The van der Waals surface area contributed by atoms with E-state index in [4.69, 9.17) is 10.5 Å². The van der Waals surface area contributed by atoms with Gasteiger partial charge in [0.15, 0.2) is 0 Å². The van der Waals surface area contributed by atoms with E-state index in [1.807, 2.05) is 38.1 Å². The molecule has 3 heteroatoms. The number of aliphatic hydroxyl groups excluding tert-OH is 1. The van der Waals surface area contributed by atoms with Crippen LogP contribution in [0.25, 0.3) is 0 Å². The highest BCUT2D eigenvalue weighted by Gasteiger charge is 2.20. The summed E-state index contributed by atoms with van der Waals surface area (Å²) in [6.07, 6.45) is -0.530. The zero-order valence-electron chi connectivity index (χ0n) is 9.47. The van der Waals surface area contributed by atoms with Gasteiger partial charge in [-0.25, -0.2) is 0 Å². The molecule has 15 heavy (non-hydrogen) atoms. The van der Waals surface area contributed by atoms with Crippen LogP contribution >= 0.6 is 0 Å². The quantitative estimate of drug-likeness (QED) is 0.793. The van der Waals surface area contributed by atoms with Crippen LogP contribution in [0.15, 0.2) is 24.3 Å². The van der Waals surface area contributed by atoms with Gasteiger partial charge in [-0.3, -0.25) is 0 Å². The zero-order valence-corrected chi connectivity index (χ0v) is 9.47. The molecule has 2 atom stereocenters. The Morgan fingerprint density at radius 3 is 2.53 bits per heavy atom. The molecular formula is C12H19NO2. The van der Waals surface area contributed by atoms with Crippen LogP contribution in [-0.4, -0.2) is 18.3 Å². The predicted molar refractivity (Wildman–Crippen MR) is 60.8 cm³/mol. The van der Waals surface area contributed by atoms with Crippen LogP contribution in [0.5, 0.6) is 5.75 Å². The van der Waals surface area contributed by atoms with E-state index in [-0.39, 0.29) is 12.0 Å². The smallest absolute Gasteiger partial charge is 0.119 e. The van der Waals surface area contributed by atoms with E-state index in [2.05, 4.69) is 0 Å². The number of rotatable bonds is 4. The van der Waals surface area contributed by atoms with E-state index >= 15 is 0 Å². The average molecular weight is 209 g/mol. The lowest BCUT2D eigenvalue weighted by molar-refractivity contribution is 0.0979. The molecule has 3 nitrogen and oxygen atoms in total. The lowest BCUT2D eigenvalue weighted by Gasteiger charge is -2.22. The second kappa shape index (κ2) is 5.14. The molecule has 0 aromatic heterocycles. The van der Waals surface area contributed by atoms with Crippen molar-refractivity contribution in [3.63, 3.8) is 0 Å². The highest BCUT2D eigenvalue weighted by molar-refractivity contribution is 5.30. The van der Waals surface area contributed by atoms with Gasteiger partial charge in [-0.05, 0) is 23.6 Å². The van der Waals surface area contributed by atoms with Gasteiger partial charge in [0.1, 0.15) is 5.75 Å². The van der Waals surface area contributed by atoms with E-state index in [0.717, 1.165) is 11.3 Å². The molecule has 0 fully saturated rings. The molecular weight excluding hydrogens is 190 g/mol. The van der Waals surface area contributed by atoms with Crippen molar-refractivity contribution < 1.29 is 9.84 Å². The van der Waals surface area contributed by atoms with Crippen molar-refractivity contribution >= 4 is 0 Å². The average Bonchev–Trinajstić information content (AvgIpc) is 2.27. The molecule has 0 saturated carbocycles. The molecule has 1 rings (SSSR count). The van der Waals surface area contributed by atoms with Crippen LogP contribution in [0, 0.1) is 5.92 Å². The molecule has 0 heterocycles. The van der Waals surface area contributed by atoms with Crippen LogP contribution in [0.2, 0.25) is 0 Å². The van der Waals surface area contributed by atoms with Gasteiger partial charge < -0.3 is 15.6 Å².